The fourth-order valence-electron chi connectivity index (χ4n) is 2.61. The highest BCUT2D eigenvalue weighted by Gasteiger charge is 2.31. The third-order valence-electron chi connectivity index (χ3n) is 3.73. The highest BCUT2D eigenvalue weighted by molar-refractivity contribution is 6.43. The average Bonchev–Trinajstić information content (AvgIpc) is 2.93. The van der Waals surface area contributed by atoms with Crippen LogP contribution in [0.2, 0.25) is 10.0 Å². The van der Waals surface area contributed by atoms with Crippen molar-refractivity contribution in [3.8, 4) is 0 Å². The molecule has 124 valence electrons. The lowest BCUT2D eigenvalue weighted by atomic mass is 10.2. The van der Waals surface area contributed by atoms with Crippen LogP contribution in [0.15, 0.2) is 48.5 Å². The summed E-state index contributed by atoms with van der Waals surface area (Å²) in [6.45, 7) is 0.430. The number of rotatable bonds is 3. The van der Waals surface area contributed by atoms with E-state index >= 15 is 0 Å². The summed E-state index contributed by atoms with van der Waals surface area (Å²) in [6, 6.07) is 13.7. The first kappa shape index (κ1) is 16.6. The smallest absolute Gasteiger partial charge is 0.319 e. The molecule has 1 aliphatic heterocycles. The molecule has 1 heterocycles. The van der Waals surface area contributed by atoms with Gasteiger partial charge in [-0.15, -0.1) is 0 Å². The Morgan fingerprint density at radius 3 is 2.58 bits per heavy atom. The molecule has 0 aromatic heterocycles. The van der Waals surface area contributed by atoms with Crippen molar-refractivity contribution in [3.05, 3.63) is 58.6 Å². The molecule has 2 N–H and O–H groups in total. The normalized spacial score (nSPS) is 17.0. The van der Waals surface area contributed by atoms with Crippen molar-refractivity contribution in [3.63, 3.8) is 0 Å². The topological polar surface area (TPSA) is 61.4 Å². The zero-order valence-corrected chi connectivity index (χ0v) is 14.1. The molecule has 24 heavy (non-hydrogen) atoms. The number of hydrogen-bond acceptors (Lipinski definition) is 2. The van der Waals surface area contributed by atoms with Gasteiger partial charge in [-0.25, -0.2) is 4.79 Å². The standard InChI is InChI=1S/C17H15Cl2N3O2/c18-13-7-4-8-14(16(13)19)21-17(24)20-11-9-15(23)22(10-11)12-5-2-1-3-6-12/h1-8,11H,9-10H2,(H2,20,21,24). The Morgan fingerprint density at radius 2 is 1.83 bits per heavy atom. The second-order valence-corrected chi connectivity index (χ2v) is 6.23. The van der Waals surface area contributed by atoms with Gasteiger partial charge in [0.15, 0.2) is 0 Å². The molecule has 7 heteroatoms. The van der Waals surface area contributed by atoms with Crippen LogP contribution in [-0.2, 0) is 4.79 Å². The zero-order valence-electron chi connectivity index (χ0n) is 12.6. The minimum absolute atomic E-state index is 0.0210. The quantitative estimate of drug-likeness (QED) is 0.867. The first-order valence-electron chi connectivity index (χ1n) is 7.41. The van der Waals surface area contributed by atoms with Crippen LogP contribution in [0.1, 0.15) is 6.42 Å². The summed E-state index contributed by atoms with van der Waals surface area (Å²) in [5.74, 6) is -0.0210. The number of benzene rings is 2. The predicted octanol–water partition coefficient (Wildman–Crippen LogP) is 3.92. The lowest BCUT2D eigenvalue weighted by molar-refractivity contribution is -0.117. The van der Waals surface area contributed by atoms with Gasteiger partial charge in [0.05, 0.1) is 21.8 Å². The maximum Gasteiger partial charge on any atom is 0.319 e. The van der Waals surface area contributed by atoms with Gasteiger partial charge in [-0.05, 0) is 24.3 Å². The Balaban J connectivity index is 1.62. The van der Waals surface area contributed by atoms with Crippen LogP contribution in [0.5, 0.6) is 0 Å². The molecule has 3 rings (SSSR count). The third-order valence-corrected chi connectivity index (χ3v) is 4.55. The molecule has 1 fully saturated rings. The lowest BCUT2D eigenvalue weighted by Gasteiger charge is -2.17. The minimum Gasteiger partial charge on any atom is -0.333 e. The number of anilines is 2. The summed E-state index contributed by atoms with van der Waals surface area (Å²) >= 11 is 12.0. The number of carbonyl (C=O) groups is 2. The first-order chi connectivity index (χ1) is 11.5. The molecule has 2 aromatic rings. The molecule has 2 aromatic carbocycles. The van der Waals surface area contributed by atoms with E-state index in [4.69, 9.17) is 23.2 Å². The molecule has 0 saturated carbocycles. The van der Waals surface area contributed by atoms with Gasteiger partial charge in [-0.3, -0.25) is 4.79 Å². The monoisotopic (exact) mass is 363 g/mol. The molecular formula is C17H15Cl2N3O2. The fraction of sp³-hybridized carbons (Fsp3) is 0.176. The third kappa shape index (κ3) is 3.63. The molecule has 1 saturated heterocycles. The number of nitrogens with one attached hydrogen (secondary N) is 2. The summed E-state index contributed by atoms with van der Waals surface area (Å²) < 4.78 is 0. The Hall–Kier alpha value is -2.24. The molecule has 3 amide bonds. The van der Waals surface area contributed by atoms with E-state index in [1.54, 1.807) is 23.1 Å². The van der Waals surface area contributed by atoms with E-state index in [0.717, 1.165) is 5.69 Å². The van der Waals surface area contributed by atoms with Gasteiger partial charge in [0, 0.05) is 18.7 Å². The van der Waals surface area contributed by atoms with Crippen molar-refractivity contribution >= 4 is 46.5 Å². The average molecular weight is 364 g/mol. The summed E-state index contributed by atoms with van der Waals surface area (Å²) in [6.07, 6.45) is 0.256. The predicted molar refractivity (Wildman–Crippen MR) is 95.8 cm³/mol. The SMILES string of the molecule is O=C(Nc1cccc(Cl)c1Cl)NC1CC(=O)N(c2ccccc2)C1. The molecule has 0 bridgehead atoms. The fourth-order valence-corrected chi connectivity index (χ4v) is 2.95. The van der Waals surface area contributed by atoms with Crippen LogP contribution in [0.3, 0.4) is 0 Å². The summed E-state index contributed by atoms with van der Waals surface area (Å²) in [7, 11) is 0. The molecule has 1 aliphatic rings. The molecule has 0 spiro atoms. The van der Waals surface area contributed by atoms with Gasteiger partial charge in [0.25, 0.3) is 0 Å². The number of halogens is 2. The Kier molecular flexibility index (Phi) is 4.92. The van der Waals surface area contributed by atoms with Gasteiger partial charge in [-0.1, -0.05) is 47.5 Å². The molecule has 0 radical (unpaired) electrons. The van der Waals surface area contributed by atoms with Crippen molar-refractivity contribution in [1.82, 2.24) is 5.32 Å². The molecule has 1 unspecified atom stereocenters. The van der Waals surface area contributed by atoms with Gasteiger partial charge >= 0.3 is 6.03 Å². The Morgan fingerprint density at radius 1 is 1.08 bits per heavy atom. The highest BCUT2D eigenvalue weighted by atomic mass is 35.5. The van der Waals surface area contributed by atoms with E-state index in [9.17, 15) is 9.59 Å². The summed E-state index contributed by atoms with van der Waals surface area (Å²) in [5.41, 5.74) is 1.25. The van der Waals surface area contributed by atoms with Crippen molar-refractivity contribution in [2.45, 2.75) is 12.5 Å². The Labute approximate surface area is 149 Å². The van der Waals surface area contributed by atoms with Gasteiger partial charge in [0.1, 0.15) is 0 Å². The van der Waals surface area contributed by atoms with E-state index < -0.39 is 6.03 Å². The van der Waals surface area contributed by atoms with Crippen molar-refractivity contribution in [1.29, 1.82) is 0 Å². The lowest BCUT2D eigenvalue weighted by Crippen LogP contribution is -2.39. The maximum absolute atomic E-state index is 12.1. The van der Waals surface area contributed by atoms with E-state index in [1.165, 1.54) is 0 Å². The van der Waals surface area contributed by atoms with E-state index in [0.29, 0.717) is 17.3 Å². The molecule has 0 aliphatic carbocycles. The summed E-state index contributed by atoms with van der Waals surface area (Å²) in [4.78, 5) is 25.9. The van der Waals surface area contributed by atoms with Gasteiger partial charge in [-0.2, -0.15) is 0 Å². The van der Waals surface area contributed by atoms with Crippen LogP contribution in [-0.4, -0.2) is 24.5 Å². The van der Waals surface area contributed by atoms with E-state index in [2.05, 4.69) is 10.6 Å². The van der Waals surface area contributed by atoms with Crippen LogP contribution in [0.4, 0.5) is 16.2 Å². The number of urea groups is 1. The number of nitrogens with zero attached hydrogens (tertiary/aromatic N) is 1. The zero-order chi connectivity index (χ0) is 17.1. The minimum atomic E-state index is -0.424. The van der Waals surface area contributed by atoms with Crippen LogP contribution >= 0.6 is 23.2 Å². The van der Waals surface area contributed by atoms with E-state index in [-0.39, 0.29) is 23.4 Å². The Bertz CT molecular complexity index is 768. The van der Waals surface area contributed by atoms with Crippen LogP contribution < -0.4 is 15.5 Å². The van der Waals surface area contributed by atoms with Crippen LogP contribution in [0.25, 0.3) is 0 Å². The maximum atomic E-state index is 12.1. The second kappa shape index (κ2) is 7.11. The van der Waals surface area contributed by atoms with Gasteiger partial charge in [0.2, 0.25) is 5.91 Å². The number of para-hydroxylation sites is 1. The van der Waals surface area contributed by atoms with Crippen LogP contribution in [0, 0.1) is 0 Å². The molecule has 1 atom stereocenters. The number of hydrogen-bond donors (Lipinski definition) is 2. The molecular weight excluding hydrogens is 349 g/mol. The number of carbonyl (C=O) groups excluding carboxylic acids is 2. The van der Waals surface area contributed by atoms with Crippen molar-refractivity contribution < 1.29 is 9.59 Å². The van der Waals surface area contributed by atoms with Crippen molar-refractivity contribution in [2.75, 3.05) is 16.8 Å². The number of amides is 3. The first-order valence-corrected chi connectivity index (χ1v) is 8.17. The van der Waals surface area contributed by atoms with Gasteiger partial charge < -0.3 is 15.5 Å². The largest absolute Gasteiger partial charge is 0.333 e. The molecule has 5 nitrogen and oxygen atoms in total. The van der Waals surface area contributed by atoms with Crippen molar-refractivity contribution in [2.24, 2.45) is 0 Å². The second-order valence-electron chi connectivity index (χ2n) is 5.44. The highest BCUT2D eigenvalue weighted by Crippen LogP contribution is 2.29. The summed E-state index contributed by atoms with van der Waals surface area (Å²) in [5, 5.41) is 6.08. The van der Waals surface area contributed by atoms with E-state index in [1.807, 2.05) is 30.3 Å².